The summed E-state index contributed by atoms with van der Waals surface area (Å²) >= 11 is 0. The van der Waals surface area contributed by atoms with E-state index >= 15 is 0 Å². The van der Waals surface area contributed by atoms with Crippen molar-refractivity contribution in [1.82, 2.24) is 9.78 Å². The molecule has 0 aromatic carbocycles. The maximum atomic E-state index is 5.73. The summed E-state index contributed by atoms with van der Waals surface area (Å²) in [7, 11) is 0. The number of aryl methyl sites for hydroxylation is 1. The summed E-state index contributed by atoms with van der Waals surface area (Å²) in [6, 6.07) is 3.08. The molecule has 0 spiro atoms. The van der Waals surface area contributed by atoms with E-state index in [0.717, 1.165) is 12.8 Å². The molecule has 84 valence electrons. The van der Waals surface area contributed by atoms with Crippen molar-refractivity contribution >= 4 is 0 Å². The first-order valence-corrected chi connectivity index (χ1v) is 6.05. The monoisotopic (exact) mass is 207 g/mol. The Morgan fingerprint density at radius 1 is 1.53 bits per heavy atom. The van der Waals surface area contributed by atoms with Crippen LogP contribution in [0.15, 0.2) is 12.3 Å². The molecule has 1 aliphatic carbocycles. The Bertz CT molecular complexity index is 298. The summed E-state index contributed by atoms with van der Waals surface area (Å²) in [4.78, 5) is 0. The van der Waals surface area contributed by atoms with E-state index in [4.69, 9.17) is 5.73 Å². The van der Waals surface area contributed by atoms with Gasteiger partial charge in [-0.05, 0) is 38.7 Å². The van der Waals surface area contributed by atoms with Crippen LogP contribution in [0.3, 0.4) is 0 Å². The van der Waals surface area contributed by atoms with Crippen molar-refractivity contribution in [1.29, 1.82) is 0 Å². The van der Waals surface area contributed by atoms with Crippen molar-refractivity contribution in [2.45, 2.75) is 57.5 Å². The molecule has 0 bridgehead atoms. The van der Waals surface area contributed by atoms with Gasteiger partial charge < -0.3 is 5.73 Å². The molecule has 0 saturated heterocycles. The predicted octanol–water partition coefficient (Wildman–Crippen LogP) is 2.28. The van der Waals surface area contributed by atoms with Gasteiger partial charge in [0.15, 0.2) is 0 Å². The first kappa shape index (κ1) is 10.7. The quantitative estimate of drug-likeness (QED) is 0.823. The van der Waals surface area contributed by atoms with Crippen LogP contribution in [-0.4, -0.2) is 15.8 Å². The van der Waals surface area contributed by atoms with Crippen molar-refractivity contribution < 1.29 is 0 Å². The fraction of sp³-hybridized carbons (Fsp3) is 0.750. The second kappa shape index (κ2) is 4.79. The third kappa shape index (κ3) is 2.81. The van der Waals surface area contributed by atoms with Crippen molar-refractivity contribution in [3.63, 3.8) is 0 Å². The first-order valence-electron chi connectivity index (χ1n) is 6.05. The molecule has 2 N–H and O–H groups in total. The van der Waals surface area contributed by atoms with E-state index in [1.165, 1.54) is 31.4 Å². The van der Waals surface area contributed by atoms with Gasteiger partial charge in [0, 0.05) is 12.2 Å². The number of aromatic nitrogens is 2. The van der Waals surface area contributed by atoms with Crippen molar-refractivity contribution in [2.24, 2.45) is 5.73 Å². The molecule has 0 amide bonds. The number of hydrogen-bond acceptors (Lipinski definition) is 2. The lowest BCUT2D eigenvalue weighted by Gasteiger charge is -2.09. The Kier molecular flexibility index (Phi) is 3.41. The fourth-order valence-corrected chi connectivity index (χ4v) is 2.26. The highest BCUT2D eigenvalue weighted by atomic mass is 15.3. The van der Waals surface area contributed by atoms with E-state index < -0.39 is 0 Å². The molecule has 0 aliphatic heterocycles. The van der Waals surface area contributed by atoms with Crippen molar-refractivity contribution in [3.8, 4) is 0 Å². The minimum absolute atomic E-state index is 0.279. The van der Waals surface area contributed by atoms with Crippen LogP contribution >= 0.6 is 0 Å². The largest absolute Gasteiger partial charge is 0.328 e. The Balaban J connectivity index is 1.91. The van der Waals surface area contributed by atoms with Gasteiger partial charge in [0.05, 0.1) is 11.7 Å². The second-order valence-electron chi connectivity index (χ2n) is 4.74. The molecule has 1 aromatic heterocycles. The highest BCUT2D eigenvalue weighted by Gasteiger charge is 2.17. The van der Waals surface area contributed by atoms with E-state index in [1.807, 2.05) is 6.92 Å². The van der Waals surface area contributed by atoms with Crippen LogP contribution in [0.5, 0.6) is 0 Å². The molecular formula is C12H21N3. The molecule has 0 radical (unpaired) electrons. The maximum absolute atomic E-state index is 5.73. The van der Waals surface area contributed by atoms with Gasteiger partial charge in [0.1, 0.15) is 0 Å². The number of rotatable bonds is 4. The van der Waals surface area contributed by atoms with Crippen LogP contribution in [0.1, 0.15) is 50.8 Å². The molecule has 1 unspecified atom stereocenters. The molecule has 1 saturated carbocycles. The van der Waals surface area contributed by atoms with Crippen LogP contribution in [0.2, 0.25) is 0 Å². The van der Waals surface area contributed by atoms with Crippen LogP contribution in [0, 0.1) is 0 Å². The van der Waals surface area contributed by atoms with E-state index in [1.54, 1.807) is 0 Å². The summed E-state index contributed by atoms with van der Waals surface area (Å²) in [5, 5.41) is 4.63. The molecular weight excluding hydrogens is 186 g/mol. The third-order valence-electron chi connectivity index (χ3n) is 3.22. The van der Waals surface area contributed by atoms with Crippen LogP contribution in [-0.2, 0) is 6.42 Å². The summed E-state index contributed by atoms with van der Waals surface area (Å²) in [5.41, 5.74) is 6.93. The van der Waals surface area contributed by atoms with Gasteiger partial charge in [0.25, 0.3) is 0 Å². The molecule has 1 aromatic rings. The van der Waals surface area contributed by atoms with Gasteiger partial charge in [-0.2, -0.15) is 5.10 Å². The Morgan fingerprint density at radius 2 is 2.27 bits per heavy atom. The minimum Gasteiger partial charge on any atom is -0.328 e. The lowest BCUT2D eigenvalue weighted by molar-refractivity contribution is 0.461. The molecule has 15 heavy (non-hydrogen) atoms. The highest BCUT2D eigenvalue weighted by molar-refractivity contribution is 5.00. The van der Waals surface area contributed by atoms with Crippen molar-refractivity contribution in [3.05, 3.63) is 18.0 Å². The molecule has 2 rings (SSSR count). The highest BCUT2D eigenvalue weighted by Crippen LogP contribution is 2.28. The zero-order valence-corrected chi connectivity index (χ0v) is 9.52. The Hall–Kier alpha value is -0.830. The van der Waals surface area contributed by atoms with Gasteiger partial charge in [0.2, 0.25) is 0 Å². The Morgan fingerprint density at radius 3 is 2.93 bits per heavy atom. The van der Waals surface area contributed by atoms with Crippen molar-refractivity contribution in [2.75, 3.05) is 0 Å². The van der Waals surface area contributed by atoms with E-state index in [0.29, 0.717) is 6.04 Å². The summed E-state index contributed by atoms with van der Waals surface area (Å²) in [6.07, 6.45) is 9.49. The van der Waals surface area contributed by atoms with Gasteiger partial charge in [-0.1, -0.05) is 12.8 Å². The van der Waals surface area contributed by atoms with E-state index in [-0.39, 0.29) is 6.04 Å². The minimum atomic E-state index is 0.279. The Labute approximate surface area is 91.7 Å². The average Bonchev–Trinajstić information content (AvgIpc) is 2.85. The summed E-state index contributed by atoms with van der Waals surface area (Å²) in [6.45, 7) is 2.05. The molecule has 3 heteroatoms. The smallest absolute Gasteiger partial charge is 0.0625 e. The third-order valence-corrected chi connectivity index (χ3v) is 3.22. The summed E-state index contributed by atoms with van der Waals surface area (Å²) < 4.78 is 2.16. The summed E-state index contributed by atoms with van der Waals surface area (Å²) in [5.74, 6) is 0. The average molecular weight is 207 g/mol. The lowest BCUT2D eigenvalue weighted by atomic mass is 10.1. The normalized spacial score (nSPS) is 19.6. The first-order chi connectivity index (χ1) is 7.25. The number of hydrogen-bond donors (Lipinski definition) is 1. The SMILES string of the molecule is CC(N)CCc1ccn(C2CCCC2)n1. The lowest BCUT2D eigenvalue weighted by Crippen LogP contribution is -2.15. The zero-order valence-electron chi connectivity index (χ0n) is 9.52. The topological polar surface area (TPSA) is 43.8 Å². The predicted molar refractivity (Wildman–Crippen MR) is 61.7 cm³/mol. The van der Waals surface area contributed by atoms with E-state index in [2.05, 4.69) is 22.0 Å². The van der Waals surface area contributed by atoms with Crippen LogP contribution in [0.4, 0.5) is 0 Å². The van der Waals surface area contributed by atoms with Gasteiger partial charge >= 0.3 is 0 Å². The fourth-order valence-electron chi connectivity index (χ4n) is 2.26. The number of nitrogens with two attached hydrogens (primary N) is 1. The molecule has 1 atom stereocenters. The van der Waals surface area contributed by atoms with Gasteiger partial charge in [-0.3, -0.25) is 4.68 Å². The molecule has 1 fully saturated rings. The van der Waals surface area contributed by atoms with Gasteiger partial charge in [-0.15, -0.1) is 0 Å². The van der Waals surface area contributed by atoms with Crippen LogP contribution in [0.25, 0.3) is 0 Å². The van der Waals surface area contributed by atoms with E-state index in [9.17, 15) is 0 Å². The number of nitrogens with zero attached hydrogens (tertiary/aromatic N) is 2. The maximum Gasteiger partial charge on any atom is 0.0625 e. The molecule has 1 heterocycles. The molecule has 3 nitrogen and oxygen atoms in total. The standard InChI is InChI=1S/C12H21N3/c1-10(13)6-7-11-8-9-15(14-11)12-4-2-3-5-12/h8-10,12H,2-7,13H2,1H3. The van der Waals surface area contributed by atoms with Crippen LogP contribution < -0.4 is 5.73 Å². The second-order valence-corrected chi connectivity index (χ2v) is 4.74. The van der Waals surface area contributed by atoms with Gasteiger partial charge in [-0.25, -0.2) is 0 Å². The zero-order chi connectivity index (χ0) is 10.7. The molecule has 1 aliphatic rings.